The predicted octanol–water partition coefficient (Wildman–Crippen LogP) is 3.37. The van der Waals surface area contributed by atoms with Gasteiger partial charge in [0.15, 0.2) is 0 Å². The number of rotatable bonds is 0. The van der Waals surface area contributed by atoms with E-state index < -0.39 is 0 Å². The van der Waals surface area contributed by atoms with Gasteiger partial charge in [-0.25, -0.2) is 0 Å². The minimum Gasteiger partial charge on any atom is -0.332 e. The molecule has 2 rings (SSSR count). The van der Waals surface area contributed by atoms with E-state index in [9.17, 15) is 4.79 Å². The Kier molecular flexibility index (Phi) is 2.62. The van der Waals surface area contributed by atoms with Crippen LogP contribution < -0.4 is 0 Å². The van der Waals surface area contributed by atoms with Crippen molar-refractivity contribution in [2.45, 2.75) is 19.4 Å². The monoisotopic (exact) mass is 379 g/mol. The first-order chi connectivity index (χ1) is 6.85. The molecule has 0 saturated carbocycles. The van der Waals surface area contributed by atoms with Gasteiger partial charge in [-0.3, -0.25) is 4.79 Å². The van der Waals surface area contributed by atoms with E-state index in [1.54, 1.807) is 4.90 Å². The van der Waals surface area contributed by atoms with Gasteiger partial charge in [0.1, 0.15) is 0 Å². The summed E-state index contributed by atoms with van der Waals surface area (Å²) in [6, 6.07) is 4.01. The van der Waals surface area contributed by atoms with Gasteiger partial charge >= 0.3 is 0 Å². The number of nitrogens with zero attached hydrogens (tertiary/aromatic N) is 1. The molecule has 1 amide bonds. The summed E-state index contributed by atoms with van der Waals surface area (Å²) >= 11 is 5.73. The Hall–Kier alpha value is -0.100. The second-order valence-corrected chi connectivity index (χ2v) is 6.25. The maximum atomic E-state index is 12.0. The number of hydrogen-bond donors (Lipinski definition) is 0. The van der Waals surface area contributed by atoms with Crippen LogP contribution in [0, 0.1) is 3.57 Å². The van der Waals surface area contributed by atoms with E-state index >= 15 is 0 Å². The molecule has 1 aromatic rings. The molecule has 2 nitrogen and oxygen atoms in total. The normalized spacial score (nSPS) is 18.2. The van der Waals surface area contributed by atoms with Gasteiger partial charge in [-0.05, 0) is 70.1 Å². The van der Waals surface area contributed by atoms with E-state index in [2.05, 4.69) is 58.4 Å². The number of amides is 1. The number of carbonyl (C=O) groups is 1. The van der Waals surface area contributed by atoms with Crippen LogP contribution in [0.4, 0.5) is 0 Å². The Morgan fingerprint density at radius 3 is 2.60 bits per heavy atom. The van der Waals surface area contributed by atoms with Crippen LogP contribution in [0.15, 0.2) is 16.6 Å². The largest absolute Gasteiger partial charge is 0.332 e. The topological polar surface area (TPSA) is 20.3 Å². The summed E-state index contributed by atoms with van der Waals surface area (Å²) in [7, 11) is 1.85. The van der Waals surface area contributed by atoms with Gasteiger partial charge in [0.2, 0.25) is 0 Å². The number of fused-ring (bicyclic) bond motifs is 1. The van der Waals surface area contributed by atoms with Crippen LogP contribution in [-0.2, 0) is 5.54 Å². The van der Waals surface area contributed by atoms with Gasteiger partial charge in [-0.2, -0.15) is 0 Å². The summed E-state index contributed by atoms with van der Waals surface area (Å²) in [4.78, 5) is 13.8. The average Bonchev–Trinajstić information content (AvgIpc) is 2.32. The minimum atomic E-state index is -0.209. The highest BCUT2D eigenvalue weighted by molar-refractivity contribution is 14.1. The van der Waals surface area contributed by atoms with Crippen molar-refractivity contribution in [3.63, 3.8) is 0 Å². The van der Waals surface area contributed by atoms with Crippen LogP contribution in [0.3, 0.4) is 0 Å². The zero-order chi connectivity index (χ0) is 11.4. The Balaban J connectivity index is 2.73. The fourth-order valence-electron chi connectivity index (χ4n) is 1.85. The Labute approximate surface area is 111 Å². The third kappa shape index (κ3) is 1.53. The van der Waals surface area contributed by atoms with Gasteiger partial charge in [0.05, 0.1) is 5.54 Å². The highest BCUT2D eigenvalue weighted by Gasteiger charge is 2.40. The maximum absolute atomic E-state index is 12.0. The summed E-state index contributed by atoms with van der Waals surface area (Å²) < 4.78 is 2.13. The van der Waals surface area contributed by atoms with Crippen molar-refractivity contribution in [1.82, 2.24) is 4.90 Å². The quantitative estimate of drug-likeness (QED) is 0.633. The fraction of sp³-hybridized carbons (Fsp3) is 0.364. The van der Waals surface area contributed by atoms with Crippen molar-refractivity contribution in [1.29, 1.82) is 0 Å². The summed E-state index contributed by atoms with van der Waals surface area (Å²) in [5, 5.41) is 0. The second kappa shape index (κ2) is 3.45. The Morgan fingerprint density at radius 2 is 2.00 bits per heavy atom. The zero-order valence-electron chi connectivity index (χ0n) is 8.77. The molecule has 0 spiro atoms. The van der Waals surface area contributed by atoms with Crippen molar-refractivity contribution in [2.75, 3.05) is 7.05 Å². The van der Waals surface area contributed by atoms with Gasteiger partial charge in [-0.15, -0.1) is 0 Å². The summed E-state index contributed by atoms with van der Waals surface area (Å²) in [6.07, 6.45) is 0. The lowest BCUT2D eigenvalue weighted by Crippen LogP contribution is -2.35. The molecule has 80 valence electrons. The van der Waals surface area contributed by atoms with Crippen LogP contribution in [0.2, 0.25) is 0 Å². The molecule has 0 unspecified atom stereocenters. The third-order valence-electron chi connectivity index (χ3n) is 3.09. The molecule has 1 aliphatic heterocycles. The standard InChI is InChI=1S/C11H11BrINO/c1-11(2)7-5-8(12)9(13)4-6(7)10(15)14(11)3/h4-5H,1-3H3. The maximum Gasteiger partial charge on any atom is 0.254 e. The highest BCUT2D eigenvalue weighted by Crippen LogP contribution is 2.40. The molecule has 0 atom stereocenters. The molecular weight excluding hydrogens is 369 g/mol. The molecule has 4 heteroatoms. The Morgan fingerprint density at radius 1 is 1.40 bits per heavy atom. The van der Waals surface area contributed by atoms with Crippen LogP contribution in [-0.4, -0.2) is 17.9 Å². The SMILES string of the molecule is CN1C(=O)c2cc(I)c(Br)cc2C1(C)C. The number of benzene rings is 1. The summed E-state index contributed by atoms with van der Waals surface area (Å²) in [5.41, 5.74) is 1.72. The van der Waals surface area contributed by atoms with Gasteiger partial charge in [-0.1, -0.05) is 0 Å². The average molecular weight is 380 g/mol. The smallest absolute Gasteiger partial charge is 0.254 e. The fourth-order valence-corrected chi connectivity index (χ4v) is 2.66. The third-order valence-corrected chi connectivity index (χ3v) is 5.38. The molecule has 0 bridgehead atoms. The van der Waals surface area contributed by atoms with Gasteiger partial charge in [0, 0.05) is 20.7 Å². The van der Waals surface area contributed by atoms with Crippen molar-refractivity contribution in [3.8, 4) is 0 Å². The number of carbonyl (C=O) groups excluding carboxylic acids is 1. The molecule has 1 aliphatic rings. The summed E-state index contributed by atoms with van der Waals surface area (Å²) in [6.45, 7) is 4.13. The molecule has 0 radical (unpaired) electrons. The van der Waals surface area contributed by atoms with E-state index in [1.807, 2.05) is 13.1 Å². The number of halogens is 2. The van der Waals surface area contributed by atoms with E-state index in [-0.39, 0.29) is 11.4 Å². The van der Waals surface area contributed by atoms with Crippen molar-refractivity contribution >= 4 is 44.4 Å². The van der Waals surface area contributed by atoms with Gasteiger partial charge in [0.25, 0.3) is 5.91 Å². The molecular formula is C11H11BrINO. The molecule has 0 aliphatic carbocycles. The molecule has 1 heterocycles. The van der Waals surface area contributed by atoms with Crippen molar-refractivity contribution in [3.05, 3.63) is 31.3 Å². The first kappa shape index (κ1) is 11.4. The number of hydrogen-bond acceptors (Lipinski definition) is 1. The predicted molar refractivity (Wildman–Crippen MR) is 72.0 cm³/mol. The highest BCUT2D eigenvalue weighted by atomic mass is 127. The molecule has 0 fully saturated rings. The van der Waals surface area contributed by atoms with Crippen LogP contribution in [0.25, 0.3) is 0 Å². The van der Waals surface area contributed by atoms with Crippen LogP contribution >= 0.6 is 38.5 Å². The molecule has 15 heavy (non-hydrogen) atoms. The molecule has 1 aromatic carbocycles. The molecule has 0 aromatic heterocycles. The second-order valence-electron chi connectivity index (χ2n) is 4.24. The van der Waals surface area contributed by atoms with E-state index in [1.165, 1.54) is 0 Å². The van der Waals surface area contributed by atoms with E-state index in [4.69, 9.17) is 0 Å². The van der Waals surface area contributed by atoms with E-state index in [0.717, 1.165) is 19.2 Å². The zero-order valence-corrected chi connectivity index (χ0v) is 12.5. The Bertz CT molecular complexity index is 456. The summed E-state index contributed by atoms with van der Waals surface area (Å²) in [5.74, 6) is 0.111. The first-order valence-corrected chi connectivity index (χ1v) is 6.50. The first-order valence-electron chi connectivity index (χ1n) is 4.63. The van der Waals surface area contributed by atoms with Crippen LogP contribution in [0.5, 0.6) is 0 Å². The van der Waals surface area contributed by atoms with Gasteiger partial charge < -0.3 is 4.90 Å². The van der Waals surface area contributed by atoms with Crippen LogP contribution in [0.1, 0.15) is 29.8 Å². The lowest BCUT2D eigenvalue weighted by atomic mass is 9.94. The molecule has 0 N–H and O–H groups in total. The molecule has 0 saturated heterocycles. The lowest BCUT2D eigenvalue weighted by Gasteiger charge is -2.28. The van der Waals surface area contributed by atoms with Crippen molar-refractivity contribution < 1.29 is 4.79 Å². The minimum absolute atomic E-state index is 0.111. The van der Waals surface area contributed by atoms with E-state index in [0.29, 0.717) is 0 Å². The van der Waals surface area contributed by atoms with Crippen molar-refractivity contribution in [2.24, 2.45) is 0 Å². The lowest BCUT2D eigenvalue weighted by molar-refractivity contribution is 0.0691.